The maximum Gasteiger partial charge on any atom is 0.416 e. The first-order chi connectivity index (χ1) is 11.2. The zero-order valence-corrected chi connectivity index (χ0v) is 13.4. The highest BCUT2D eigenvalue weighted by atomic mass is 32.2. The number of hydrogen-bond donors (Lipinski definition) is 1. The van der Waals surface area contributed by atoms with Crippen LogP contribution in [-0.4, -0.2) is 51.0 Å². The monoisotopic (exact) mass is 332 g/mol. The third-order valence-electron chi connectivity index (χ3n) is 3.49. The van der Waals surface area contributed by atoms with Crippen molar-refractivity contribution >= 4 is 23.8 Å². The van der Waals surface area contributed by atoms with Crippen molar-refractivity contribution < 1.29 is 14.3 Å². The molecule has 0 unspecified atom stereocenters. The molecule has 23 heavy (non-hydrogen) atoms. The Morgan fingerprint density at radius 2 is 2.17 bits per heavy atom. The second-order valence-electron chi connectivity index (χ2n) is 4.97. The molecule has 0 bridgehead atoms. The van der Waals surface area contributed by atoms with Crippen LogP contribution in [0.4, 0.5) is 4.79 Å². The number of amides is 2. The Labute approximate surface area is 137 Å². The summed E-state index contributed by atoms with van der Waals surface area (Å²) in [7, 11) is 0. The first kappa shape index (κ1) is 15.5. The molecule has 1 aromatic heterocycles. The maximum atomic E-state index is 11.9. The van der Waals surface area contributed by atoms with Gasteiger partial charge in [-0.3, -0.25) is 9.89 Å². The largest absolute Gasteiger partial charge is 0.447 e. The van der Waals surface area contributed by atoms with E-state index in [4.69, 9.17) is 4.74 Å². The fourth-order valence-corrected chi connectivity index (χ4v) is 2.84. The van der Waals surface area contributed by atoms with Crippen LogP contribution in [0.2, 0.25) is 0 Å². The van der Waals surface area contributed by atoms with Crippen LogP contribution in [0.5, 0.6) is 0 Å². The Bertz CT molecular complexity index is 714. The molecular formula is C15H16N4O3S. The van der Waals surface area contributed by atoms with E-state index in [1.807, 2.05) is 24.3 Å². The third-order valence-corrected chi connectivity index (χ3v) is 4.32. The summed E-state index contributed by atoms with van der Waals surface area (Å²) in [4.78, 5) is 28.7. The maximum absolute atomic E-state index is 11.9. The van der Waals surface area contributed by atoms with Crippen LogP contribution in [0, 0.1) is 0 Å². The predicted octanol–water partition coefficient (Wildman–Crippen LogP) is 2.10. The molecule has 8 heteroatoms. The van der Waals surface area contributed by atoms with Crippen LogP contribution in [0.3, 0.4) is 0 Å². The van der Waals surface area contributed by atoms with Gasteiger partial charge in [0.05, 0.1) is 12.3 Å². The molecule has 1 aliphatic heterocycles. The number of aromatic amines is 1. The number of H-pyrrole nitrogens is 1. The van der Waals surface area contributed by atoms with Gasteiger partial charge in [0.15, 0.2) is 5.82 Å². The number of ether oxygens (including phenoxy) is 1. The molecule has 0 aliphatic carbocycles. The van der Waals surface area contributed by atoms with E-state index in [0.717, 1.165) is 16.9 Å². The highest BCUT2D eigenvalue weighted by Gasteiger charge is 2.28. The normalized spacial score (nSPS) is 14.1. The van der Waals surface area contributed by atoms with Crippen molar-refractivity contribution in [2.24, 2.45) is 0 Å². The molecule has 7 nitrogen and oxygen atoms in total. The van der Waals surface area contributed by atoms with Gasteiger partial charge in [-0.15, -0.1) is 5.10 Å². The summed E-state index contributed by atoms with van der Waals surface area (Å²) in [5.74, 6) is 0.459. The molecule has 1 fully saturated rings. The summed E-state index contributed by atoms with van der Waals surface area (Å²) < 4.78 is 4.74. The van der Waals surface area contributed by atoms with E-state index in [-0.39, 0.29) is 18.3 Å². The summed E-state index contributed by atoms with van der Waals surface area (Å²) in [6.45, 7) is 2.67. The summed E-state index contributed by atoms with van der Waals surface area (Å²) >= 11 is 1.19. The second kappa shape index (κ2) is 6.82. The van der Waals surface area contributed by atoms with Crippen molar-refractivity contribution in [3.8, 4) is 11.4 Å². The van der Waals surface area contributed by atoms with E-state index in [1.54, 1.807) is 0 Å². The molecule has 3 rings (SSSR count). The number of carbonyl (C=O) groups excluding carboxylic acids is 2. The molecule has 2 amide bonds. The molecule has 0 spiro atoms. The molecule has 0 radical (unpaired) electrons. The zero-order chi connectivity index (χ0) is 16.2. The van der Waals surface area contributed by atoms with Gasteiger partial charge in [-0.1, -0.05) is 43.0 Å². The number of cyclic esters (lactones) is 1. The van der Waals surface area contributed by atoms with Crippen molar-refractivity contribution in [1.29, 1.82) is 0 Å². The Morgan fingerprint density at radius 3 is 2.83 bits per heavy atom. The number of carbonyl (C=O) groups is 2. The van der Waals surface area contributed by atoms with E-state index in [0.29, 0.717) is 17.5 Å². The number of aryl methyl sites for hydroxylation is 1. The quantitative estimate of drug-likeness (QED) is 0.844. The van der Waals surface area contributed by atoms with E-state index in [1.165, 1.54) is 17.3 Å². The van der Waals surface area contributed by atoms with Gasteiger partial charge in [0.2, 0.25) is 11.1 Å². The van der Waals surface area contributed by atoms with Crippen LogP contribution in [0.1, 0.15) is 12.5 Å². The standard InChI is InChI=1S/C15H16N4O3S/c1-2-10-3-5-11(6-4-10)13-16-14(18-17-13)23-9-12(20)19-7-8-22-15(19)21/h3-6H,2,7-9H2,1H3,(H,16,17,18). The van der Waals surface area contributed by atoms with E-state index in [2.05, 4.69) is 22.1 Å². The Hall–Kier alpha value is -2.35. The number of aromatic nitrogens is 3. The molecule has 2 heterocycles. The summed E-state index contributed by atoms with van der Waals surface area (Å²) in [6, 6.07) is 8.07. The van der Waals surface area contributed by atoms with Gasteiger partial charge in [-0.2, -0.15) is 0 Å². The van der Waals surface area contributed by atoms with Crippen molar-refractivity contribution in [3.05, 3.63) is 29.8 Å². The lowest BCUT2D eigenvalue weighted by Crippen LogP contribution is -2.33. The van der Waals surface area contributed by atoms with E-state index >= 15 is 0 Å². The molecule has 1 N–H and O–H groups in total. The molecule has 1 aliphatic rings. The van der Waals surface area contributed by atoms with E-state index < -0.39 is 6.09 Å². The van der Waals surface area contributed by atoms with Gasteiger partial charge in [-0.25, -0.2) is 14.7 Å². The number of thioether (sulfide) groups is 1. The number of nitrogens with zero attached hydrogens (tertiary/aromatic N) is 3. The van der Waals surface area contributed by atoms with Gasteiger partial charge in [0.25, 0.3) is 0 Å². The van der Waals surface area contributed by atoms with Gasteiger partial charge < -0.3 is 4.74 Å². The Kier molecular flexibility index (Phi) is 4.61. The van der Waals surface area contributed by atoms with Crippen molar-refractivity contribution in [2.75, 3.05) is 18.9 Å². The van der Waals surface area contributed by atoms with E-state index in [9.17, 15) is 9.59 Å². The fourth-order valence-electron chi connectivity index (χ4n) is 2.16. The van der Waals surface area contributed by atoms with Crippen LogP contribution < -0.4 is 0 Å². The molecule has 1 aromatic carbocycles. The second-order valence-corrected chi connectivity index (χ2v) is 5.91. The van der Waals surface area contributed by atoms with Crippen molar-refractivity contribution in [1.82, 2.24) is 20.1 Å². The number of benzene rings is 1. The SMILES string of the molecule is CCc1ccc(-c2nc(SCC(=O)N3CCOC3=O)n[nH]2)cc1. The number of nitrogens with one attached hydrogen (secondary N) is 1. The summed E-state index contributed by atoms with van der Waals surface area (Å²) in [5, 5.41) is 7.43. The van der Waals surface area contributed by atoms with Crippen LogP contribution >= 0.6 is 11.8 Å². The Balaban J connectivity index is 1.60. The first-order valence-corrected chi connectivity index (χ1v) is 8.27. The highest BCUT2D eigenvalue weighted by Crippen LogP contribution is 2.20. The van der Waals surface area contributed by atoms with Gasteiger partial charge in [0, 0.05) is 5.56 Å². The van der Waals surface area contributed by atoms with Crippen LogP contribution in [0.25, 0.3) is 11.4 Å². The zero-order valence-electron chi connectivity index (χ0n) is 12.6. The molecule has 1 saturated heterocycles. The number of imide groups is 1. The smallest absolute Gasteiger partial charge is 0.416 e. The van der Waals surface area contributed by atoms with Crippen molar-refractivity contribution in [2.45, 2.75) is 18.5 Å². The third kappa shape index (κ3) is 3.53. The number of rotatable bonds is 5. The van der Waals surface area contributed by atoms with Crippen LogP contribution in [-0.2, 0) is 16.0 Å². The molecule has 2 aromatic rings. The minimum atomic E-state index is -0.581. The van der Waals surface area contributed by atoms with Gasteiger partial charge in [-0.05, 0) is 12.0 Å². The van der Waals surface area contributed by atoms with Gasteiger partial charge >= 0.3 is 6.09 Å². The molecular weight excluding hydrogens is 316 g/mol. The molecule has 0 saturated carbocycles. The molecule has 120 valence electrons. The minimum absolute atomic E-state index is 0.0984. The lowest BCUT2D eigenvalue weighted by molar-refractivity contribution is -0.125. The average molecular weight is 332 g/mol. The fraction of sp³-hybridized carbons (Fsp3) is 0.333. The topological polar surface area (TPSA) is 88.2 Å². The lowest BCUT2D eigenvalue weighted by atomic mass is 10.1. The molecule has 0 atom stereocenters. The average Bonchev–Trinajstić information content (AvgIpc) is 3.22. The number of hydrogen-bond acceptors (Lipinski definition) is 6. The summed E-state index contributed by atoms with van der Waals surface area (Å²) in [6.07, 6.45) is 0.404. The predicted molar refractivity (Wildman–Crippen MR) is 85.0 cm³/mol. The first-order valence-electron chi connectivity index (χ1n) is 7.29. The Morgan fingerprint density at radius 1 is 1.39 bits per heavy atom. The van der Waals surface area contributed by atoms with Crippen molar-refractivity contribution in [3.63, 3.8) is 0 Å². The van der Waals surface area contributed by atoms with Crippen LogP contribution in [0.15, 0.2) is 29.4 Å². The highest BCUT2D eigenvalue weighted by molar-refractivity contribution is 7.99. The summed E-state index contributed by atoms with van der Waals surface area (Å²) in [5.41, 5.74) is 2.20. The lowest BCUT2D eigenvalue weighted by Gasteiger charge is -2.08. The minimum Gasteiger partial charge on any atom is -0.447 e. The van der Waals surface area contributed by atoms with Gasteiger partial charge in [0.1, 0.15) is 6.61 Å².